The Morgan fingerprint density at radius 3 is 1.78 bits per heavy atom. The van der Waals surface area contributed by atoms with E-state index in [4.69, 9.17) is 4.42 Å². The van der Waals surface area contributed by atoms with Crippen LogP contribution < -0.4 is 0 Å². The van der Waals surface area contributed by atoms with E-state index in [-0.39, 0.29) is 0 Å². The van der Waals surface area contributed by atoms with Gasteiger partial charge in [0.2, 0.25) is 0 Å². The number of benzene rings is 7. The highest BCUT2D eigenvalue weighted by Gasteiger charge is 2.21. The van der Waals surface area contributed by atoms with Crippen LogP contribution >= 0.6 is 0 Å². The van der Waals surface area contributed by atoms with Gasteiger partial charge in [0.15, 0.2) is 0 Å². The Kier molecular flexibility index (Phi) is 4.67. The molecule has 41 heavy (non-hydrogen) atoms. The average Bonchev–Trinajstić information content (AvgIpc) is 3.58. The van der Waals surface area contributed by atoms with Crippen LogP contribution in [0.3, 0.4) is 0 Å². The smallest absolute Gasteiger partial charge is 0.143 e. The first kappa shape index (κ1) is 22.4. The molecule has 1 aliphatic rings. The van der Waals surface area contributed by atoms with Crippen LogP contribution in [0.1, 0.15) is 0 Å². The van der Waals surface area contributed by atoms with Gasteiger partial charge in [0.1, 0.15) is 11.2 Å². The van der Waals surface area contributed by atoms with E-state index in [2.05, 4.69) is 133 Å². The van der Waals surface area contributed by atoms with Gasteiger partial charge in [0.05, 0.1) is 0 Å². The summed E-state index contributed by atoms with van der Waals surface area (Å²) < 4.78 is 6.35. The Bertz CT molecular complexity index is 2320. The fourth-order valence-corrected chi connectivity index (χ4v) is 6.70. The SMILES string of the molecule is c1cc(-c2cccc(-c3cccc4c3oc3ccccc34)c2)cc(-c2cc3c4c(cccc4c2)-c2ccccc2-3)c1. The maximum absolute atomic E-state index is 6.35. The molecule has 0 radical (unpaired) electrons. The van der Waals surface area contributed by atoms with E-state index >= 15 is 0 Å². The minimum atomic E-state index is 0.923. The molecule has 0 N–H and O–H groups in total. The van der Waals surface area contributed by atoms with E-state index in [0.29, 0.717) is 0 Å². The van der Waals surface area contributed by atoms with E-state index in [0.717, 1.165) is 33.1 Å². The van der Waals surface area contributed by atoms with Crippen molar-refractivity contribution in [3.05, 3.63) is 146 Å². The fraction of sp³-hybridized carbons (Fsp3) is 0. The highest BCUT2D eigenvalue weighted by molar-refractivity contribution is 6.16. The van der Waals surface area contributed by atoms with Gasteiger partial charge >= 0.3 is 0 Å². The first-order valence-corrected chi connectivity index (χ1v) is 14.1. The second-order valence-electron chi connectivity index (χ2n) is 10.9. The second kappa shape index (κ2) is 8.55. The summed E-state index contributed by atoms with van der Waals surface area (Å²) in [4.78, 5) is 0. The molecule has 0 spiro atoms. The van der Waals surface area contributed by atoms with Crippen molar-refractivity contribution in [3.63, 3.8) is 0 Å². The Hall–Kier alpha value is -5.40. The molecule has 0 fully saturated rings. The summed E-state index contributed by atoms with van der Waals surface area (Å²) in [5.41, 5.74) is 14.3. The van der Waals surface area contributed by atoms with Crippen LogP contribution in [0, 0.1) is 0 Å². The maximum atomic E-state index is 6.35. The molecular formula is C40H24O. The number of hydrogen-bond donors (Lipinski definition) is 0. The number of furan rings is 1. The normalized spacial score (nSPS) is 11.9. The molecule has 1 aliphatic carbocycles. The van der Waals surface area contributed by atoms with Gasteiger partial charge in [0, 0.05) is 16.3 Å². The summed E-state index contributed by atoms with van der Waals surface area (Å²) in [6.45, 7) is 0. The molecule has 190 valence electrons. The van der Waals surface area contributed by atoms with Crippen LogP contribution in [-0.2, 0) is 0 Å². The van der Waals surface area contributed by atoms with Crippen molar-refractivity contribution < 1.29 is 4.42 Å². The molecule has 0 aliphatic heterocycles. The molecule has 1 nitrogen and oxygen atoms in total. The summed E-state index contributed by atoms with van der Waals surface area (Å²) in [6, 6.07) is 52.6. The monoisotopic (exact) mass is 520 g/mol. The molecule has 0 unspecified atom stereocenters. The van der Waals surface area contributed by atoms with E-state index < -0.39 is 0 Å². The average molecular weight is 521 g/mol. The minimum absolute atomic E-state index is 0.923. The molecule has 1 aromatic heterocycles. The van der Waals surface area contributed by atoms with Gasteiger partial charge in [-0.15, -0.1) is 0 Å². The van der Waals surface area contributed by atoms with E-state index in [1.807, 2.05) is 12.1 Å². The zero-order valence-corrected chi connectivity index (χ0v) is 22.3. The van der Waals surface area contributed by atoms with Crippen molar-refractivity contribution in [2.45, 2.75) is 0 Å². The van der Waals surface area contributed by atoms with Crippen LogP contribution in [-0.4, -0.2) is 0 Å². The lowest BCUT2D eigenvalue weighted by molar-refractivity contribution is 0.670. The van der Waals surface area contributed by atoms with Crippen molar-refractivity contribution in [1.82, 2.24) is 0 Å². The summed E-state index contributed by atoms with van der Waals surface area (Å²) in [7, 11) is 0. The second-order valence-corrected chi connectivity index (χ2v) is 10.9. The maximum Gasteiger partial charge on any atom is 0.143 e. The third kappa shape index (κ3) is 3.36. The van der Waals surface area contributed by atoms with Gasteiger partial charge in [0.25, 0.3) is 0 Å². The lowest BCUT2D eigenvalue weighted by atomic mass is 9.93. The predicted octanol–water partition coefficient (Wildman–Crippen LogP) is 11.4. The molecule has 1 heteroatoms. The summed E-state index contributed by atoms with van der Waals surface area (Å²) in [5, 5.41) is 4.96. The van der Waals surface area contributed by atoms with Gasteiger partial charge in [-0.2, -0.15) is 0 Å². The molecule has 0 bridgehead atoms. The minimum Gasteiger partial charge on any atom is -0.455 e. The van der Waals surface area contributed by atoms with E-state index in [9.17, 15) is 0 Å². The fourth-order valence-electron chi connectivity index (χ4n) is 6.70. The highest BCUT2D eigenvalue weighted by atomic mass is 16.3. The van der Waals surface area contributed by atoms with E-state index in [1.54, 1.807) is 0 Å². The van der Waals surface area contributed by atoms with Crippen LogP contribution in [0.2, 0.25) is 0 Å². The van der Waals surface area contributed by atoms with Crippen molar-refractivity contribution in [3.8, 4) is 55.6 Å². The Morgan fingerprint density at radius 2 is 0.927 bits per heavy atom. The van der Waals surface area contributed by atoms with Gasteiger partial charge in [-0.3, -0.25) is 0 Å². The molecule has 1 heterocycles. The first-order valence-electron chi connectivity index (χ1n) is 14.1. The number of rotatable bonds is 3. The summed E-state index contributed by atoms with van der Waals surface area (Å²) in [5.74, 6) is 0. The van der Waals surface area contributed by atoms with Crippen LogP contribution in [0.15, 0.2) is 150 Å². The molecule has 0 atom stereocenters. The summed E-state index contributed by atoms with van der Waals surface area (Å²) in [6.07, 6.45) is 0. The van der Waals surface area contributed by atoms with E-state index in [1.165, 1.54) is 55.3 Å². The molecule has 7 aromatic carbocycles. The van der Waals surface area contributed by atoms with Crippen molar-refractivity contribution in [2.75, 3.05) is 0 Å². The standard InChI is InChI=1S/C40H24O/c1-2-15-33-32(14-1)35-18-7-13-29-23-30(24-37(33)39(29)35)27-11-5-9-25(21-27)26-10-6-12-28(22-26)31-17-8-19-36-34-16-3-4-20-38(34)41-40(31)36/h1-24H. The van der Waals surface area contributed by atoms with Crippen LogP contribution in [0.5, 0.6) is 0 Å². The lowest BCUT2D eigenvalue weighted by Gasteiger charge is -2.11. The third-order valence-electron chi connectivity index (χ3n) is 8.59. The zero-order valence-electron chi connectivity index (χ0n) is 22.3. The number of para-hydroxylation sites is 2. The van der Waals surface area contributed by atoms with Gasteiger partial charge in [-0.05, 0) is 91.2 Å². The molecular weight excluding hydrogens is 496 g/mol. The van der Waals surface area contributed by atoms with Crippen molar-refractivity contribution in [1.29, 1.82) is 0 Å². The molecule has 0 amide bonds. The van der Waals surface area contributed by atoms with Crippen molar-refractivity contribution in [2.24, 2.45) is 0 Å². The molecule has 0 saturated carbocycles. The largest absolute Gasteiger partial charge is 0.455 e. The van der Waals surface area contributed by atoms with Gasteiger partial charge in [-0.1, -0.05) is 115 Å². The molecule has 9 rings (SSSR count). The highest BCUT2D eigenvalue weighted by Crippen LogP contribution is 2.48. The topological polar surface area (TPSA) is 13.1 Å². The molecule has 8 aromatic rings. The predicted molar refractivity (Wildman–Crippen MR) is 172 cm³/mol. The first-order chi connectivity index (χ1) is 20.3. The third-order valence-corrected chi connectivity index (χ3v) is 8.59. The van der Waals surface area contributed by atoms with Gasteiger partial charge < -0.3 is 4.42 Å². The van der Waals surface area contributed by atoms with Crippen molar-refractivity contribution >= 4 is 32.7 Å². The van der Waals surface area contributed by atoms with Crippen LogP contribution in [0.25, 0.3) is 88.3 Å². The Labute approximate surface area is 237 Å². The summed E-state index contributed by atoms with van der Waals surface area (Å²) >= 11 is 0. The number of hydrogen-bond acceptors (Lipinski definition) is 1. The van der Waals surface area contributed by atoms with Crippen LogP contribution in [0.4, 0.5) is 0 Å². The Balaban J connectivity index is 1.16. The number of fused-ring (bicyclic) bond motifs is 6. The Morgan fingerprint density at radius 1 is 0.341 bits per heavy atom. The zero-order chi connectivity index (χ0) is 26.9. The van der Waals surface area contributed by atoms with Gasteiger partial charge in [-0.25, -0.2) is 0 Å². The quantitative estimate of drug-likeness (QED) is 0.226. The lowest BCUT2D eigenvalue weighted by Crippen LogP contribution is -1.85. The molecule has 0 saturated heterocycles.